The molecule has 109 heavy (non-hydrogen) atoms. The monoisotopic (exact) mass is 1390 g/mol. The van der Waals surface area contributed by atoms with Gasteiger partial charge in [-0.1, -0.05) is 78.9 Å². The maximum Gasteiger partial charge on any atom is 0.303 e. The first kappa shape index (κ1) is 53.3. The number of hydrogen-bond donors (Lipinski definition) is 0. The van der Waals surface area contributed by atoms with Crippen LogP contribution in [0.5, 0.6) is 23.0 Å². The summed E-state index contributed by atoms with van der Waals surface area (Å²) < 4.78 is 37.2. The highest BCUT2D eigenvalue weighted by Gasteiger charge is 2.73. The fourth-order valence-corrected chi connectivity index (χ4v) is 29.5. The van der Waals surface area contributed by atoms with Crippen LogP contribution in [0.15, 0.2) is 133 Å². The molecule has 0 saturated carbocycles. The highest BCUT2D eigenvalue weighted by molar-refractivity contribution is 6.64. The van der Waals surface area contributed by atoms with E-state index in [0.717, 1.165) is 35.1 Å². The molecule has 0 N–H and O–H groups in total. The SMILES string of the molecule is COc1cc2c(cc1OC)C(OC(C)=O)C13C4=c5ccc6c7ccc8c9c%10c%11c%12c%13c%14c(ccc%15c%14c(c%12c%12c1c5c6c(c97)c%11%12)C3(C2)C=%15C=C4)C1C=CC8C%10C%131.COc1cc2c(cc1OC)C(OC(C)=O)c1c(c3cc4c5c6c(cc7cc8cc9ccc%10cc%11cc1c1c3c5c3c1c%11c1c%10c9c5c8c7c6c3c51)C4)C2. The van der Waals surface area contributed by atoms with Gasteiger partial charge in [-0.25, -0.2) is 0 Å². The van der Waals surface area contributed by atoms with E-state index in [1.807, 2.05) is 6.07 Å². The Hall–Kier alpha value is -12.5. The van der Waals surface area contributed by atoms with Gasteiger partial charge in [0.25, 0.3) is 0 Å². The van der Waals surface area contributed by atoms with Crippen LogP contribution >= 0.6 is 0 Å². The predicted octanol–water partition coefficient (Wildman–Crippen LogP) is 21.2. The zero-order chi connectivity index (χ0) is 70.2. The van der Waals surface area contributed by atoms with E-state index in [9.17, 15) is 9.59 Å². The molecule has 0 aromatic heterocycles. The van der Waals surface area contributed by atoms with Crippen LogP contribution in [-0.2, 0) is 49.2 Å². The number of ether oxygens (including phenoxy) is 6. The molecular formula is C101H52O8. The Morgan fingerprint density at radius 3 is 1.55 bits per heavy atom. The van der Waals surface area contributed by atoms with Crippen molar-refractivity contribution in [3.05, 3.63) is 222 Å². The van der Waals surface area contributed by atoms with Crippen molar-refractivity contribution >= 4 is 228 Å². The predicted molar refractivity (Wildman–Crippen MR) is 435 cm³/mol. The van der Waals surface area contributed by atoms with Crippen LogP contribution in [0.1, 0.15) is 128 Å². The number of allylic oxidation sites excluding steroid dienone is 4. The molecule has 0 heterocycles. The molecule has 0 amide bonds. The second kappa shape index (κ2) is 15.5. The van der Waals surface area contributed by atoms with Crippen molar-refractivity contribution in [2.24, 2.45) is 0 Å². The molecule has 11 aliphatic rings. The second-order valence-electron chi connectivity index (χ2n) is 34.9. The molecule has 8 heteroatoms. The van der Waals surface area contributed by atoms with E-state index in [1.165, 1.54) is 262 Å². The molecule has 8 nitrogen and oxygen atoms in total. The van der Waals surface area contributed by atoms with Gasteiger partial charge in [0.15, 0.2) is 29.1 Å². The zero-order valence-corrected chi connectivity index (χ0v) is 59.6. The van der Waals surface area contributed by atoms with Gasteiger partial charge >= 0.3 is 11.9 Å². The lowest BCUT2D eigenvalue weighted by Gasteiger charge is -2.60. The quantitative estimate of drug-likeness (QED) is 0.0704. The highest BCUT2D eigenvalue weighted by atomic mass is 16.6. The van der Waals surface area contributed by atoms with Gasteiger partial charge in [0, 0.05) is 59.6 Å². The van der Waals surface area contributed by atoms with Gasteiger partial charge in [-0.3, -0.25) is 9.59 Å². The Morgan fingerprint density at radius 1 is 0.349 bits per heavy atom. The van der Waals surface area contributed by atoms with Crippen molar-refractivity contribution in [2.45, 2.75) is 79.8 Å². The van der Waals surface area contributed by atoms with Gasteiger partial charge in [0.2, 0.25) is 0 Å². The molecule has 504 valence electrons. The van der Waals surface area contributed by atoms with E-state index in [0.29, 0.717) is 53.1 Å². The van der Waals surface area contributed by atoms with E-state index in [-0.39, 0.29) is 11.9 Å². The van der Waals surface area contributed by atoms with E-state index in [1.54, 1.807) is 62.6 Å². The van der Waals surface area contributed by atoms with Crippen LogP contribution in [-0.4, -0.2) is 40.4 Å². The van der Waals surface area contributed by atoms with E-state index < -0.39 is 23.0 Å². The van der Waals surface area contributed by atoms with E-state index in [4.69, 9.17) is 28.4 Å². The Morgan fingerprint density at radius 2 is 0.835 bits per heavy atom. The van der Waals surface area contributed by atoms with Crippen molar-refractivity contribution in [3.8, 4) is 23.0 Å². The Labute approximate surface area is 615 Å². The lowest BCUT2D eigenvalue weighted by molar-refractivity contribution is -0.151. The van der Waals surface area contributed by atoms with Crippen LogP contribution in [0.4, 0.5) is 0 Å². The minimum Gasteiger partial charge on any atom is -0.493 e. The molecule has 34 rings (SSSR count). The molecule has 8 unspecified atom stereocenters. The summed E-state index contributed by atoms with van der Waals surface area (Å²) in [4.78, 5) is 26.9. The average Bonchev–Trinajstić information content (AvgIpc) is 1.42. The third-order valence-corrected chi connectivity index (χ3v) is 31.9. The molecule has 23 aromatic carbocycles. The molecule has 23 aromatic rings. The van der Waals surface area contributed by atoms with Crippen LogP contribution < -0.4 is 29.4 Å². The lowest BCUT2D eigenvalue weighted by atomic mass is 9.42. The van der Waals surface area contributed by atoms with Gasteiger partial charge in [0.05, 0.1) is 33.9 Å². The molecule has 8 atom stereocenters. The molecular weight excluding hydrogens is 1340 g/mol. The second-order valence-corrected chi connectivity index (χ2v) is 34.9. The number of fused-ring (bicyclic) bond motifs is 8. The Kier molecular flexibility index (Phi) is 7.58. The molecule has 0 fully saturated rings. The zero-order valence-electron chi connectivity index (χ0n) is 59.6. The van der Waals surface area contributed by atoms with Crippen molar-refractivity contribution in [2.75, 3.05) is 28.4 Å². The van der Waals surface area contributed by atoms with Gasteiger partial charge in [-0.2, -0.15) is 0 Å². The Balaban J connectivity index is 0.000000107. The number of hydrogen-bond acceptors (Lipinski definition) is 8. The van der Waals surface area contributed by atoms with Crippen molar-refractivity contribution in [3.63, 3.8) is 0 Å². The normalized spacial score (nSPS) is 23.2. The smallest absolute Gasteiger partial charge is 0.303 e. The maximum absolute atomic E-state index is 13.8. The summed E-state index contributed by atoms with van der Waals surface area (Å²) >= 11 is 0. The molecule has 0 radical (unpaired) electrons. The van der Waals surface area contributed by atoms with Crippen LogP contribution in [0.2, 0.25) is 0 Å². The van der Waals surface area contributed by atoms with Gasteiger partial charge < -0.3 is 28.4 Å². The highest BCUT2D eigenvalue weighted by Crippen LogP contribution is 2.81. The Bertz CT molecular complexity index is 8930. The number of esters is 2. The van der Waals surface area contributed by atoms with E-state index >= 15 is 0 Å². The van der Waals surface area contributed by atoms with Crippen molar-refractivity contribution in [1.29, 1.82) is 0 Å². The fourth-order valence-electron chi connectivity index (χ4n) is 29.5. The summed E-state index contributed by atoms with van der Waals surface area (Å²) in [6.45, 7) is 3.13. The minimum atomic E-state index is -0.686. The number of methoxy groups -OCH3 is 4. The molecule has 11 aliphatic carbocycles. The van der Waals surface area contributed by atoms with Crippen molar-refractivity contribution in [1.82, 2.24) is 0 Å². The minimum absolute atomic E-state index is 0.258. The lowest BCUT2D eigenvalue weighted by Crippen LogP contribution is -2.59. The number of carbonyl (C=O) groups excluding carboxylic acids is 2. The fraction of sp³-hybridized carbons (Fsp3) is 0.168. The van der Waals surface area contributed by atoms with Gasteiger partial charge in [-0.15, -0.1) is 0 Å². The molecule has 0 aliphatic heterocycles. The first-order valence-corrected chi connectivity index (χ1v) is 39.0. The first-order chi connectivity index (χ1) is 53.6. The summed E-state index contributed by atoms with van der Waals surface area (Å²) in [6.07, 6.45) is 11.4. The summed E-state index contributed by atoms with van der Waals surface area (Å²) in [5, 5.41) is 57.1. The van der Waals surface area contributed by atoms with E-state index in [2.05, 4.69) is 127 Å². The summed E-state index contributed by atoms with van der Waals surface area (Å²) in [5.41, 5.74) is 20.3. The van der Waals surface area contributed by atoms with Crippen LogP contribution in [0.25, 0.3) is 216 Å². The summed E-state index contributed by atoms with van der Waals surface area (Å²) in [5.74, 6) is 3.80. The number of rotatable bonds is 6. The van der Waals surface area contributed by atoms with Gasteiger partial charge in [0.1, 0.15) is 6.10 Å². The largest absolute Gasteiger partial charge is 0.493 e. The van der Waals surface area contributed by atoms with Crippen molar-refractivity contribution < 1.29 is 38.0 Å². The summed E-state index contributed by atoms with van der Waals surface area (Å²) in [6, 6.07) is 42.8. The maximum atomic E-state index is 13.8. The van der Waals surface area contributed by atoms with Crippen LogP contribution in [0, 0.1) is 0 Å². The third-order valence-electron chi connectivity index (χ3n) is 31.9. The topological polar surface area (TPSA) is 89.5 Å². The first-order valence-electron chi connectivity index (χ1n) is 39.0. The molecule has 0 bridgehead atoms. The molecule has 2 spiro atoms. The van der Waals surface area contributed by atoms with Gasteiger partial charge in [-0.05, 0) is 361 Å². The average molecular weight is 1390 g/mol. The number of benzene rings is 18. The standard InChI is InChI=1S/C52H28O4.C49H24O4/c1-17(53)56-50-27-15-31(55-3)30(54-2)14-18(27)16-51-28-12-13-29-26-11-9-24-22-7-5-20-19-4-6-21-23-8-10-25(28)38-36(23)41-34(21)32(19)40-33(20)35(22)42-37(24)39(26)49(52(29,50)51)47-45(42)43(40)44(41)46(47)48(38)51;1-16(50)53-49-25-15-30(52-3)29(51-2)14-19(25)11-26-27-12-24-10-22-9-21-8-20-6-17-4-5-18-7-23-13-28(38(26)49)40-39(27)44-36(24)35(22)43-34(21)33(20)41-31(17)32(18)42-37(23)45(40)48(44)47(43)46(41)42/h4-15,19,21,32,34,50H,16H2,1-3H3;4-9,12-15,49H,10-11H2,1-3H3. The summed E-state index contributed by atoms with van der Waals surface area (Å²) in [7, 11) is 6.78. The molecule has 0 saturated heterocycles. The van der Waals surface area contributed by atoms with Crippen LogP contribution in [0.3, 0.4) is 0 Å². The number of carbonyl (C=O) groups is 2. The third kappa shape index (κ3) is 4.61.